The predicted molar refractivity (Wildman–Crippen MR) is 87.0 cm³/mol. The second-order valence-corrected chi connectivity index (χ2v) is 5.65. The fraction of sp³-hybridized carbons (Fsp3) is 0.400. The summed E-state index contributed by atoms with van der Waals surface area (Å²) in [6.07, 6.45) is -3.09. The zero-order valence-corrected chi connectivity index (χ0v) is 14.1. The number of rotatable bonds is 2. The molecule has 2 heterocycles. The Morgan fingerprint density at radius 3 is 2.80 bits per heavy atom. The molecule has 136 valence electrons. The van der Waals surface area contributed by atoms with Crippen LogP contribution in [-0.2, 0) is 6.18 Å². The van der Waals surface area contributed by atoms with Crippen LogP contribution in [0.1, 0.15) is 23.0 Å². The second kappa shape index (κ2) is 7.40. The molecule has 6 nitrogen and oxygen atoms in total. The Balaban J connectivity index is 0.00000225. The summed E-state index contributed by atoms with van der Waals surface area (Å²) in [6, 6.07) is 4.74. The van der Waals surface area contributed by atoms with Crippen molar-refractivity contribution in [3.05, 3.63) is 41.7 Å². The van der Waals surface area contributed by atoms with Crippen molar-refractivity contribution >= 4 is 18.3 Å². The van der Waals surface area contributed by atoms with E-state index in [1.807, 2.05) is 6.92 Å². The van der Waals surface area contributed by atoms with Gasteiger partial charge in [-0.05, 0) is 25.1 Å². The van der Waals surface area contributed by atoms with Gasteiger partial charge in [0.1, 0.15) is 0 Å². The quantitative estimate of drug-likeness (QED) is 0.873. The Bertz CT molecular complexity index is 749. The van der Waals surface area contributed by atoms with Crippen molar-refractivity contribution in [2.45, 2.75) is 19.1 Å². The van der Waals surface area contributed by atoms with Crippen LogP contribution in [0.5, 0.6) is 0 Å². The van der Waals surface area contributed by atoms with E-state index in [4.69, 9.17) is 0 Å². The average Bonchev–Trinajstić information content (AvgIpc) is 3.04. The fourth-order valence-corrected chi connectivity index (χ4v) is 2.60. The molecule has 1 aliphatic heterocycles. The van der Waals surface area contributed by atoms with Crippen LogP contribution < -0.4 is 5.32 Å². The van der Waals surface area contributed by atoms with Crippen molar-refractivity contribution in [1.29, 1.82) is 0 Å². The first-order valence-corrected chi connectivity index (χ1v) is 7.48. The molecule has 0 radical (unpaired) electrons. The van der Waals surface area contributed by atoms with E-state index in [2.05, 4.69) is 15.6 Å². The smallest absolute Gasteiger partial charge is 0.332 e. The summed E-state index contributed by atoms with van der Waals surface area (Å²) in [4.78, 5) is 14.2. The maximum Gasteiger partial charge on any atom is 0.416 e. The van der Waals surface area contributed by atoms with Crippen molar-refractivity contribution in [1.82, 2.24) is 25.2 Å². The van der Waals surface area contributed by atoms with E-state index in [0.717, 1.165) is 12.1 Å². The van der Waals surface area contributed by atoms with Crippen LogP contribution in [0.15, 0.2) is 30.5 Å². The van der Waals surface area contributed by atoms with Gasteiger partial charge in [0.25, 0.3) is 5.91 Å². The van der Waals surface area contributed by atoms with Gasteiger partial charge >= 0.3 is 6.18 Å². The lowest BCUT2D eigenvalue weighted by Gasteiger charge is -2.33. The van der Waals surface area contributed by atoms with E-state index in [9.17, 15) is 18.0 Å². The first kappa shape index (κ1) is 19.2. The highest BCUT2D eigenvalue weighted by atomic mass is 35.5. The number of benzene rings is 1. The van der Waals surface area contributed by atoms with Crippen LogP contribution in [0.3, 0.4) is 0 Å². The largest absolute Gasteiger partial charge is 0.416 e. The molecule has 3 rings (SSSR count). The van der Waals surface area contributed by atoms with Crippen LogP contribution in [0.25, 0.3) is 5.69 Å². The summed E-state index contributed by atoms with van der Waals surface area (Å²) in [6.45, 7) is 3.85. The third kappa shape index (κ3) is 4.10. The van der Waals surface area contributed by atoms with Gasteiger partial charge in [-0.1, -0.05) is 11.3 Å². The minimum absolute atomic E-state index is 0. The Kier molecular flexibility index (Phi) is 5.69. The lowest BCUT2D eigenvalue weighted by Crippen LogP contribution is -2.52. The number of nitrogens with zero attached hydrogens (tertiary/aromatic N) is 4. The van der Waals surface area contributed by atoms with Crippen molar-refractivity contribution < 1.29 is 18.0 Å². The molecule has 1 atom stereocenters. The summed E-state index contributed by atoms with van der Waals surface area (Å²) >= 11 is 0. The first-order valence-electron chi connectivity index (χ1n) is 7.48. The molecule has 0 aliphatic carbocycles. The molecular weight excluding hydrogens is 359 g/mol. The van der Waals surface area contributed by atoms with Gasteiger partial charge in [-0.15, -0.1) is 17.5 Å². The number of hydrogen-bond acceptors (Lipinski definition) is 4. The van der Waals surface area contributed by atoms with Crippen LogP contribution in [-0.4, -0.2) is 51.5 Å². The van der Waals surface area contributed by atoms with Crippen LogP contribution in [0.4, 0.5) is 13.2 Å². The highest BCUT2D eigenvalue weighted by Gasteiger charge is 2.31. The maximum absolute atomic E-state index is 12.8. The van der Waals surface area contributed by atoms with Crippen molar-refractivity contribution in [2.75, 3.05) is 19.6 Å². The third-order valence-electron chi connectivity index (χ3n) is 3.91. The molecule has 1 amide bonds. The zero-order chi connectivity index (χ0) is 17.3. The summed E-state index contributed by atoms with van der Waals surface area (Å²) in [5.74, 6) is -0.276. The normalized spacial score (nSPS) is 17.9. The third-order valence-corrected chi connectivity index (χ3v) is 3.91. The Labute approximate surface area is 148 Å². The molecule has 1 saturated heterocycles. The minimum atomic E-state index is -4.44. The van der Waals surface area contributed by atoms with Crippen molar-refractivity contribution in [3.63, 3.8) is 0 Å². The molecule has 0 saturated carbocycles. The van der Waals surface area contributed by atoms with E-state index < -0.39 is 11.7 Å². The topological polar surface area (TPSA) is 63.1 Å². The molecule has 10 heteroatoms. The molecular formula is C15H17ClF3N5O. The number of hydrogen-bond donors (Lipinski definition) is 1. The van der Waals surface area contributed by atoms with Crippen molar-refractivity contribution in [3.8, 4) is 5.69 Å². The van der Waals surface area contributed by atoms with E-state index >= 15 is 0 Å². The molecule has 1 aliphatic rings. The number of carbonyl (C=O) groups is 1. The molecule has 1 aromatic carbocycles. The molecule has 1 N–H and O–H groups in total. The van der Waals surface area contributed by atoms with E-state index in [1.54, 1.807) is 4.90 Å². The molecule has 25 heavy (non-hydrogen) atoms. The Morgan fingerprint density at radius 2 is 2.12 bits per heavy atom. The molecule has 1 fully saturated rings. The van der Waals surface area contributed by atoms with E-state index in [-0.39, 0.29) is 35.7 Å². The highest BCUT2D eigenvalue weighted by molar-refractivity contribution is 5.92. The van der Waals surface area contributed by atoms with E-state index in [1.165, 1.54) is 23.0 Å². The van der Waals surface area contributed by atoms with Crippen LogP contribution in [0.2, 0.25) is 0 Å². The minimum Gasteiger partial charge on any atom is -0.332 e. The fourth-order valence-electron chi connectivity index (χ4n) is 2.60. The number of halogens is 4. The molecule has 1 aromatic heterocycles. The van der Waals surface area contributed by atoms with Crippen molar-refractivity contribution in [2.24, 2.45) is 0 Å². The summed E-state index contributed by atoms with van der Waals surface area (Å²) in [5, 5.41) is 10.8. The highest BCUT2D eigenvalue weighted by Crippen LogP contribution is 2.30. The number of amides is 1. The number of nitrogens with one attached hydrogen (secondary N) is 1. The van der Waals surface area contributed by atoms with Gasteiger partial charge in [-0.25, -0.2) is 4.68 Å². The number of aromatic nitrogens is 3. The van der Waals surface area contributed by atoms with Gasteiger partial charge in [-0.3, -0.25) is 4.79 Å². The average molecular weight is 376 g/mol. The number of piperazine rings is 1. The lowest BCUT2D eigenvalue weighted by molar-refractivity contribution is -0.137. The van der Waals surface area contributed by atoms with Gasteiger partial charge in [-0.2, -0.15) is 13.2 Å². The van der Waals surface area contributed by atoms with Gasteiger partial charge in [0.05, 0.1) is 17.4 Å². The standard InChI is InChI=1S/C15H16F3N5O.ClH/c1-10-8-19-5-6-22(10)14(24)13-9-23(21-20-13)12-4-2-3-11(7-12)15(16,17)18;/h2-4,7,9-10,19H,5-6,8H2,1H3;1H. The van der Waals surface area contributed by atoms with Gasteiger partial charge in [0.2, 0.25) is 0 Å². The first-order chi connectivity index (χ1) is 11.4. The lowest BCUT2D eigenvalue weighted by atomic mass is 10.2. The Hall–Kier alpha value is -2.13. The monoisotopic (exact) mass is 375 g/mol. The maximum atomic E-state index is 12.8. The van der Waals surface area contributed by atoms with Crippen LogP contribution in [0, 0.1) is 0 Å². The summed E-state index contributed by atoms with van der Waals surface area (Å²) in [5.41, 5.74) is -0.468. The SMILES string of the molecule is CC1CNCCN1C(=O)c1cn(-c2cccc(C(F)(F)F)c2)nn1.Cl. The number of carbonyl (C=O) groups excluding carboxylic acids is 1. The Morgan fingerprint density at radius 1 is 1.36 bits per heavy atom. The molecule has 1 unspecified atom stereocenters. The van der Waals surface area contributed by atoms with E-state index in [0.29, 0.717) is 19.6 Å². The molecule has 2 aromatic rings. The number of alkyl halides is 3. The second-order valence-electron chi connectivity index (χ2n) is 5.65. The van der Waals surface area contributed by atoms with Gasteiger partial charge in [0.15, 0.2) is 5.69 Å². The molecule has 0 spiro atoms. The van der Waals surface area contributed by atoms with Gasteiger partial charge in [0, 0.05) is 25.7 Å². The zero-order valence-electron chi connectivity index (χ0n) is 13.3. The summed E-state index contributed by atoms with van der Waals surface area (Å²) < 4.78 is 39.5. The van der Waals surface area contributed by atoms with Gasteiger partial charge < -0.3 is 10.2 Å². The predicted octanol–water partition coefficient (Wildman–Crippen LogP) is 2.14. The summed E-state index contributed by atoms with van der Waals surface area (Å²) in [7, 11) is 0. The van der Waals surface area contributed by atoms with Crippen LogP contribution >= 0.6 is 12.4 Å². The molecule has 0 bridgehead atoms.